The Morgan fingerprint density at radius 1 is 1.24 bits per heavy atom. The van der Waals surface area contributed by atoms with Gasteiger partial charge >= 0.3 is 0 Å². The Kier molecular flexibility index (Phi) is 3.89. The van der Waals surface area contributed by atoms with E-state index >= 15 is 0 Å². The van der Waals surface area contributed by atoms with Crippen LogP contribution in [-0.2, 0) is 13.0 Å². The number of benzene rings is 2. The van der Waals surface area contributed by atoms with Gasteiger partial charge in [0.05, 0.1) is 6.54 Å². The predicted octanol–water partition coefficient (Wildman–Crippen LogP) is 4.56. The number of aromatic nitrogens is 1. The van der Waals surface area contributed by atoms with E-state index in [2.05, 4.69) is 4.98 Å². The molecule has 3 N–H and O–H groups in total. The molecule has 0 saturated carbocycles. The molecule has 2 aromatic carbocycles. The first-order valence-electron chi connectivity index (χ1n) is 8.08. The van der Waals surface area contributed by atoms with Crippen molar-refractivity contribution in [3.8, 4) is 0 Å². The fourth-order valence-corrected chi connectivity index (χ4v) is 3.79. The molecule has 1 aliphatic heterocycles. The van der Waals surface area contributed by atoms with E-state index in [4.69, 9.17) is 28.9 Å². The Labute approximate surface area is 155 Å². The minimum atomic E-state index is -0.0593. The van der Waals surface area contributed by atoms with E-state index < -0.39 is 0 Å². The van der Waals surface area contributed by atoms with Gasteiger partial charge in [-0.1, -0.05) is 23.2 Å². The van der Waals surface area contributed by atoms with E-state index in [1.165, 1.54) is 5.56 Å². The standard InChI is InChI=1S/C19H17Cl2N3O/c1-10-15(21)6-11(7-16(10)22)19(25)24-5-4-13-14-8-12(20)2-3-17(14)23-18(13)9-24/h2-3,6-8,23H,4-5,9,22H2,1H3. The number of nitrogens with zero attached hydrogens (tertiary/aromatic N) is 1. The third kappa shape index (κ3) is 2.75. The third-order valence-electron chi connectivity index (χ3n) is 4.86. The van der Waals surface area contributed by atoms with Gasteiger partial charge in [-0.2, -0.15) is 0 Å². The molecule has 0 unspecified atom stereocenters. The zero-order chi connectivity index (χ0) is 17.7. The summed E-state index contributed by atoms with van der Waals surface area (Å²) >= 11 is 12.3. The smallest absolute Gasteiger partial charge is 0.254 e. The summed E-state index contributed by atoms with van der Waals surface area (Å²) in [5, 5.41) is 2.37. The number of fused-ring (bicyclic) bond motifs is 3. The summed E-state index contributed by atoms with van der Waals surface area (Å²) < 4.78 is 0. The minimum Gasteiger partial charge on any atom is -0.398 e. The summed E-state index contributed by atoms with van der Waals surface area (Å²) in [7, 11) is 0. The molecule has 2 heterocycles. The second-order valence-corrected chi connectivity index (χ2v) is 7.26. The number of rotatable bonds is 1. The maximum Gasteiger partial charge on any atom is 0.254 e. The SMILES string of the molecule is Cc1c(N)cc(C(=O)N2CCc3c([nH]c4ccc(Cl)cc34)C2)cc1Cl. The summed E-state index contributed by atoms with van der Waals surface area (Å²) in [6.07, 6.45) is 0.788. The van der Waals surface area contributed by atoms with Crippen LogP contribution >= 0.6 is 23.2 Å². The molecule has 0 fully saturated rings. The Hall–Kier alpha value is -2.17. The highest BCUT2D eigenvalue weighted by atomic mass is 35.5. The summed E-state index contributed by atoms with van der Waals surface area (Å²) in [6, 6.07) is 9.21. The first kappa shape index (κ1) is 16.3. The van der Waals surface area contributed by atoms with Crippen molar-refractivity contribution in [1.29, 1.82) is 0 Å². The highest BCUT2D eigenvalue weighted by Gasteiger charge is 2.25. The molecular weight excluding hydrogens is 357 g/mol. The van der Waals surface area contributed by atoms with Crippen LogP contribution in [0.15, 0.2) is 30.3 Å². The van der Waals surface area contributed by atoms with E-state index in [-0.39, 0.29) is 5.91 Å². The van der Waals surface area contributed by atoms with Crippen LogP contribution in [0.3, 0.4) is 0 Å². The molecule has 0 saturated heterocycles. The summed E-state index contributed by atoms with van der Waals surface area (Å²) in [5.74, 6) is -0.0593. The number of halogens is 2. The van der Waals surface area contributed by atoms with E-state index in [1.807, 2.05) is 30.0 Å². The van der Waals surface area contributed by atoms with Gasteiger partial charge in [-0.3, -0.25) is 4.79 Å². The third-order valence-corrected chi connectivity index (χ3v) is 5.48. The first-order valence-corrected chi connectivity index (χ1v) is 8.83. The lowest BCUT2D eigenvalue weighted by molar-refractivity contribution is 0.0733. The Morgan fingerprint density at radius 2 is 2.04 bits per heavy atom. The molecule has 0 atom stereocenters. The number of hydrogen-bond donors (Lipinski definition) is 2. The van der Waals surface area contributed by atoms with Crippen molar-refractivity contribution in [3.05, 3.63) is 62.8 Å². The Balaban J connectivity index is 1.66. The van der Waals surface area contributed by atoms with Crippen molar-refractivity contribution in [3.63, 3.8) is 0 Å². The van der Waals surface area contributed by atoms with Gasteiger partial charge in [-0.05, 0) is 54.8 Å². The van der Waals surface area contributed by atoms with Crippen LogP contribution in [0.4, 0.5) is 5.69 Å². The molecular formula is C19H17Cl2N3O. The maximum atomic E-state index is 12.9. The largest absolute Gasteiger partial charge is 0.398 e. The van der Waals surface area contributed by atoms with Gasteiger partial charge in [-0.15, -0.1) is 0 Å². The normalized spacial score (nSPS) is 14.0. The number of nitrogens with two attached hydrogens (primary N) is 1. The molecule has 6 heteroatoms. The lowest BCUT2D eigenvalue weighted by Crippen LogP contribution is -2.35. The van der Waals surface area contributed by atoms with Crippen molar-refractivity contribution < 1.29 is 4.79 Å². The second kappa shape index (κ2) is 5.97. The molecule has 0 radical (unpaired) electrons. The molecule has 1 aromatic heterocycles. The number of H-pyrrole nitrogens is 1. The van der Waals surface area contributed by atoms with Gasteiger partial charge in [0, 0.05) is 44.4 Å². The number of aromatic amines is 1. The molecule has 128 valence electrons. The van der Waals surface area contributed by atoms with E-state index in [0.29, 0.717) is 29.4 Å². The van der Waals surface area contributed by atoms with Crippen LogP contribution in [0, 0.1) is 6.92 Å². The lowest BCUT2D eigenvalue weighted by atomic mass is 10.0. The van der Waals surface area contributed by atoms with Crippen molar-refractivity contribution >= 4 is 45.7 Å². The summed E-state index contributed by atoms with van der Waals surface area (Å²) in [6.45, 7) is 3.03. The first-order chi connectivity index (χ1) is 11.9. The zero-order valence-electron chi connectivity index (χ0n) is 13.7. The van der Waals surface area contributed by atoms with Crippen molar-refractivity contribution in [2.24, 2.45) is 0 Å². The number of anilines is 1. The number of nitrogen functional groups attached to an aromatic ring is 1. The Morgan fingerprint density at radius 3 is 2.80 bits per heavy atom. The Bertz CT molecular complexity index is 986. The van der Waals surface area contributed by atoms with Crippen molar-refractivity contribution in [2.45, 2.75) is 19.9 Å². The topological polar surface area (TPSA) is 62.1 Å². The number of nitrogens with one attached hydrogen (secondary N) is 1. The second-order valence-electron chi connectivity index (χ2n) is 6.42. The zero-order valence-corrected chi connectivity index (χ0v) is 15.2. The van der Waals surface area contributed by atoms with Crippen LogP contribution in [-0.4, -0.2) is 22.3 Å². The van der Waals surface area contributed by atoms with Gasteiger partial charge in [0.2, 0.25) is 0 Å². The van der Waals surface area contributed by atoms with Gasteiger partial charge < -0.3 is 15.6 Å². The summed E-state index contributed by atoms with van der Waals surface area (Å²) in [5.41, 5.74) is 11.2. The molecule has 25 heavy (non-hydrogen) atoms. The highest BCUT2D eigenvalue weighted by Crippen LogP contribution is 2.31. The number of carbonyl (C=O) groups is 1. The van der Waals surface area contributed by atoms with E-state index in [0.717, 1.165) is 33.6 Å². The van der Waals surface area contributed by atoms with Crippen LogP contribution in [0.5, 0.6) is 0 Å². The maximum absolute atomic E-state index is 12.9. The van der Waals surface area contributed by atoms with Crippen LogP contribution in [0.25, 0.3) is 10.9 Å². The van der Waals surface area contributed by atoms with Crippen molar-refractivity contribution in [2.75, 3.05) is 12.3 Å². The van der Waals surface area contributed by atoms with Crippen LogP contribution in [0.2, 0.25) is 10.0 Å². The van der Waals surface area contributed by atoms with Crippen LogP contribution < -0.4 is 5.73 Å². The molecule has 0 spiro atoms. The average molecular weight is 374 g/mol. The van der Waals surface area contributed by atoms with Gasteiger partial charge in [0.15, 0.2) is 0 Å². The average Bonchev–Trinajstić information content (AvgIpc) is 2.95. The number of carbonyl (C=O) groups excluding carboxylic acids is 1. The predicted molar refractivity (Wildman–Crippen MR) is 102 cm³/mol. The molecule has 1 amide bonds. The molecule has 4 rings (SSSR count). The lowest BCUT2D eigenvalue weighted by Gasteiger charge is -2.27. The quantitative estimate of drug-likeness (QED) is 0.614. The molecule has 4 nitrogen and oxygen atoms in total. The number of hydrogen-bond acceptors (Lipinski definition) is 2. The van der Waals surface area contributed by atoms with E-state index in [9.17, 15) is 4.79 Å². The molecule has 3 aromatic rings. The van der Waals surface area contributed by atoms with Crippen LogP contribution in [0.1, 0.15) is 27.2 Å². The monoisotopic (exact) mass is 373 g/mol. The fraction of sp³-hybridized carbons (Fsp3) is 0.211. The van der Waals surface area contributed by atoms with Gasteiger partial charge in [0.1, 0.15) is 0 Å². The van der Waals surface area contributed by atoms with Crippen molar-refractivity contribution in [1.82, 2.24) is 9.88 Å². The summed E-state index contributed by atoms with van der Waals surface area (Å²) in [4.78, 5) is 18.1. The molecule has 0 bridgehead atoms. The van der Waals surface area contributed by atoms with Gasteiger partial charge in [0.25, 0.3) is 5.91 Å². The fourth-order valence-electron chi connectivity index (χ4n) is 3.39. The van der Waals surface area contributed by atoms with Gasteiger partial charge in [-0.25, -0.2) is 0 Å². The highest BCUT2D eigenvalue weighted by molar-refractivity contribution is 6.32. The van der Waals surface area contributed by atoms with E-state index in [1.54, 1.807) is 12.1 Å². The minimum absolute atomic E-state index is 0.0593. The number of amides is 1. The molecule has 1 aliphatic rings. The molecule has 0 aliphatic carbocycles.